The number of rotatable bonds is 3. The van der Waals surface area contributed by atoms with E-state index in [-0.39, 0.29) is 11.8 Å². The summed E-state index contributed by atoms with van der Waals surface area (Å²) in [7, 11) is 0. The van der Waals surface area contributed by atoms with Crippen molar-refractivity contribution in [3.05, 3.63) is 29.3 Å². The van der Waals surface area contributed by atoms with Crippen LogP contribution in [0.5, 0.6) is 0 Å². The van der Waals surface area contributed by atoms with Crippen LogP contribution in [0.3, 0.4) is 0 Å². The number of carbonyl (C=O) groups excluding carboxylic acids is 2. The molecule has 2 amide bonds. The summed E-state index contributed by atoms with van der Waals surface area (Å²) in [5.41, 5.74) is 1.82. The van der Waals surface area contributed by atoms with Gasteiger partial charge in [-0.15, -0.1) is 11.8 Å². The lowest BCUT2D eigenvalue weighted by atomic mass is 9.93. The Morgan fingerprint density at radius 2 is 1.68 bits per heavy atom. The van der Waals surface area contributed by atoms with Gasteiger partial charge in [0, 0.05) is 42.6 Å². The fourth-order valence-corrected chi connectivity index (χ4v) is 4.27. The summed E-state index contributed by atoms with van der Waals surface area (Å²) in [5, 5.41) is 0. The van der Waals surface area contributed by atoms with Crippen LogP contribution in [0.4, 0.5) is 0 Å². The van der Waals surface area contributed by atoms with E-state index in [1.54, 1.807) is 11.8 Å². The van der Waals surface area contributed by atoms with E-state index in [0.717, 1.165) is 54.8 Å². The van der Waals surface area contributed by atoms with E-state index in [0.29, 0.717) is 19.0 Å². The molecule has 0 radical (unpaired) electrons. The molecule has 0 N–H and O–H groups in total. The zero-order valence-corrected chi connectivity index (χ0v) is 16.1. The summed E-state index contributed by atoms with van der Waals surface area (Å²) in [5.74, 6) is 0.519. The van der Waals surface area contributed by atoms with Gasteiger partial charge in [0.05, 0.1) is 0 Å². The van der Waals surface area contributed by atoms with E-state index in [4.69, 9.17) is 0 Å². The molecule has 2 aliphatic rings. The van der Waals surface area contributed by atoms with Gasteiger partial charge < -0.3 is 9.80 Å². The number of hydrogen-bond donors (Lipinski definition) is 0. The highest BCUT2D eigenvalue weighted by Gasteiger charge is 2.31. The largest absolute Gasteiger partial charge is 0.342 e. The van der Waals surface area contributed by atoms with Crippen molar-refractivity contribution in [2.24, 2.45) is 5.92 Å². The van der Waals surface area contributed by atoms with Crippen molar-refractivity contribution in [2.45, 2.75) is 43.9 Å². The van der Waals surface area contributed by atoms with Crippen LogP contribution >= 0.6 is 11.8 Å². The third-order valence-corrected chi connectivity index (χ3v) is 6.20. The number of hydrogen-bond acceptors (Lipinski definition) is 3. The third kappa shape index (κ3) is 4.20. The Kier molecular flexibility index (Phi) is 6.05. The average Bonchev–Trinajstić information content (AvgIpc) is 2.68. The molecule has 4 nitrogen and oxygen atoms in total. The lowest BCUT2D eigenvalue weighted by Crippen LogP contribution is -2.45. The molecule has 2 heterocycles. The maximum absolute atomic E-state index is 12.9. The normalized spacial score (nSPS) is 19.1. The van der Waals surface area contributed by atoms with Crippen molar-refractivity contribution in [3.8, 4) is 0 Å². The molecular formula is C20H28N2O2S. The molecule has 1 aromatic carbocycles. The van der Waals surface area contributed by atoms with Gasteiger partial charge in [-0.2, -0.15) is 0 Å². The molecular weight excluding hydrogens is 332 g/mol. The van der Waals surface area contributed by atoms with Crippen LogP contribution in [-0.2, 0) is 4.79 Å². The lowest BCUT2D eigenvalue weighted by molar-refractivity contribution is -0.137. The topological polar surface area (TPSA) is 40.6 Å². The predicted molar refractivity (Wildman–Crippen MR) is 102 cm³/mol. The van der Waals surface area contributed by atoms with Crippen molar-refractivity contribution in [1.29, 1.82) is 0 Å². The second-order valence-corrected chi connectivity index (χ2v) is 8.01. The highest BCUT2D eigenvalue weighted by Crippen LogP contribution is 2.25. The van der Waals surface area contributed by atoms with Crippen molar-refractivity contribution >= 4 is 23.6 Å². The molecule has 25 heavy (non-hydrogen) atoms. The maximum atomic E-state index is 12.9. The lowest BCUT2D eigenvalue weighted by Gasteiger charge is -2.35. The Morgan fingerprint density at radius 3 is 2.32 bits per heavy atom. The highest BCUT2D eigenvalue weighted by atomic mass is 32.2. The molecule has 0 unspecified atom stereocenters. The van der Waals surface area contributed by atoms with Gasteiger partial charge in [-0.05, 0) is 63.0 Å². The Labute approximate surface area is 154 Å². The number of aryl methyl sites for hydroxylation is 1. The Balaban J connectivity index is 1.60. The van der Waals surface area contributed by atoms with Crippen LogP contribution in [0.15, 0.2) is 23.1 Å². The second-order valence-electron chi connectivity index (χ2n) is 7.13. The number of nitrogens with zero attached hydrogens (tertiary/aromatic N) is 2. The van der Waals surface area contributed by atoms with Gasteiger partial charge in [-0.3, -0.25) is 9.59 Å². The van der Waals surface area contributed by atoms with Gasteiger partial charge in [0.25, 0.3) is 5.91 Å². The van der Waals surface area contributed by atoms with Crippen LogP contribution < -0.4 is 0 Å². The summed E-state index contributed by atoms with van der Waals surface area (Å²) in [4.78, 5) is 30.6. The molecule has 3 rings (SSSR count). The van der Waals surface area contributed by atoms with Crippen LogP contribution in [0.1, 0.15) is 48.0 Å². The van der Waals surface area contributed by atoms with E-state index in [9.17, 15) is 9.59 Å². The number of amides is 2. The molecule has 136 valence electrons. The average molecular weight is 361 g/mol. The summed E-state index contributed by atoms with van der Waals surface area (Å²) >= 11 is 1.65. The predicted octanol–water partition coefficient (Wildman–Crippen LogP) is 3.58. The number of carbonyl (C=O) groups is 2. The van der Waals surface area contributed by atoms with E-state index >= 15 is 0 Å². The summed E-state index contributed by atoms with van der Waals surface area (Å²) in [6.45, 7) is 5.19. The first-order chi connectivity index (χ1) is 12.1. The number of piperidine rings is 2. The maximum Gasteiger partial charge on any atom is 0.254 e. The standard InChI is InChI=1S/C20H28N2O2S/c1-15-6-7-17(25-2)14-18(15)20(24)22-12-8-16(9-13-22)19(23)21-10-4-3-5-11-21/h6-7,14,16H,3-5,8-13H2,1-2H3. The van der Waals surface area contributed by atoms with Gasteiger partial charge in [-0.25, -0.2) is 0 Å². The van der Waals surface area contributed by atoms with Crippen LogP contribution in [0.2, 0.25) is 0 Å². The van der Waals surface area contributed by atoms with Gasteiger partial charge in [0.2, 0.25) is 5.91 Å². The molecule has 0 aliphatic carbocycles. The first kappa shape index (κ1) is 18.3. The first-order valence-corrected chi connectivity index (χ1v) is 10.6. The molecule has 0 atom stereocenters. The number of benzene rings is 1. The van der Waals surface area contributed by atoms with Crippen molar-refractivity contribution in [2.75, 3.05) is 32.4 Å². The van der Waals surface area contributed by atoms with Crippen LogP contribution in [-0.4, -0.2) is 54.0 Å². The Hall–Kier alpha value is -1.49. The van der Waals surface area contributed by atoms with Crippen molar-refractivity contribution in [1.82, 2.24) is 9.80 Å². The highest BCUT2D eigenvalue weighted by molar-refractivity contribution is 7.98. The van der Waals surface area contributed by atoms with Crippen molar-refractivity contribution in [3.63, 3.8) is 0 Å². The van der Waals surface area contributed by atoms with Gasteiger partial charge >= 0.3 is 0 Å². The Bertz CT molecular complexity index is 633. The number of likely N-dealkylation sites (tertiary alicyclic amines) is 2. The molecule has 0 aromatic heterocycles. The fourth-order valence-electron chi connectivity index (χ4n) is 3.83. The first-order valence-electron chi connectivity index (χ1n) is 9.33. The van der Waals surface area contributed by atoms with E-state index < -0.39 is 0 Å². The van der Waals surface area contributed by atoms with E-state index in [1.807, 2.05) is 35.1 Å². The summed E-state index contributed by atoms with van der Waals surface area (Å²) in [6.07, 6.45) is 7.12. The van der Waals surface area contributed by atoms with E-state index in [2.05, 4.69) is 6.07 Å². The molecule has 0 spiro atoms. The van der Waals surface area contributed by atoms with Crippen molar-refractivity contribution < 1.29 is 9.59 Å². The molecule has 1 aromatic rings. The molecule has 2 fully saturated rings. The summed E-state index contributed by atoms with van der Waals surface area (Å²) < 4.78 is 0. The minimum atomic E-state index is 0.0979. The molecule has 0 saturated carbocycles. The monoisotopic (exact) mass is 360 g/mol. The van der Waals surface area contributed by atoms with Gasteiger partial charge in [0.15, 0.2) is 0 Å². The molecule has 0 bridgehead atoms. The van der Waals surface area contributed by atoms with E-state index in [1.165, 1.54) is 6.42 Å². The van der Waals surface area contributed by atoms with Gasteiger partial charge in [-0.1, -0.05) is 6.07 Å². The molecule has 2 saturated heterocycles. The summed E-state index contributed by atoms with van der Waals surface area (Å²) in [6, 6.07) is 6.07. The fraction of sp³-hybridized carbons (Fsp3) is 0.600. The zero-order valence-electron chi connectivity index (χ0n) is 15.3. The van der Waals surface area contributed by atoms with Crippen LogP contribution in [0.25, 0.3) is 0 Å². The molecule has 5 heteroatoms. The third-order valence-electron chi connectivity index (χ3n) is 5.47. The smallest absolute Gasteiger partial charge is 0.254 e. The molecule has 2 aliphatic heterocycles. The quantitative estimate of drug-likeness (QED) is 0.774. The Morgan fingerprint density at radius 1 is 1.00 bits per heavy atom. The number of thioether (sulfide) groups is 1. The van der Waals surface area contributed by atoms with Crippen LogP contribution in [0, 0.1) is 12.8 Å². The zero-order chi connectivity index (χ0) is 17.8. The van der Waals surface area contributed by atoms with Gasteiger partial charge in [0.1, 0.15) is 0 Å². The SMILES string of the molecule is CSc1ccc(C)c(C(=O)N2CCC(C(=O)N3CCCCC3)CC2)c1. The minimum Gasteiger partial charge on any atom is -0.342 e. The minimum absolute atomic E-state index is 0.0979. The second kappa shape index (κ2) is 8.26.